The molecule has 1 aromatic carbocycles. The van der Waals surface area contributed by atoms with Gasteiger partial charge in [0, 0.05) is 0 Å². The first-order valence-electron chi connectivity index (χ1n) is 5.16. The molecule has 0 aliphatic carbocycles. The number of rotatable bonds is 3. The minimum absolute atomic E-state index is 0.106. The summed E-state index contributed by atoms with van der Waals surface area (Å²) >= 11 is 2.90. The third-order valence-corrected chi connectivity index (χ3v) is 3.15. The Labute approximate surface area is 111 Å². The Bertz CT molecular complexity index is 610. The molecule has 0 atom stereocenters. The zero-order valence-electron chi connectivity index (χ0n) is 9.56. The van der Waals surface area contributed by atoms with Gasteiger partial charge >= 0.3 is 0 Å². The van der Waals surface area contributed by atoms with Gasteiger partial charge < -0.3 is 4.74 Å². The van der Waals surface area contributed by atoms with E-state index in [2.05, 4.69) is 21.0 Å². The molecule has 0 bridgehead atoms. The summed E-state index contributed by atoms with van der Waals surface area (Å²) in [5, 5.41) is 3.74. The standard InChI is InChI=1S/C12H10BrFN2O2/c1-18-9-4-2-8(3-5-9)7-16-12(17)11(13)10(14)6-15-16/h2-6H,7H2,1H3. The van der Waals surface area contributed by atoms with E-state index in [4.69, 9.17) is 4.74 Å². The molecule has 0 radical (unpaired) electrons. The molecule has 18 heavy (non-hydrogen) atoms. The lowest BCUT2D eigenvalue weighted by atomic mass is 10.2. The number of hydrogen-bond acceptors (Lipinski definition) is 3. The van der Waals surface area contributed by atoms with E-state index in [1.54, 1.807) is 19.2 Å². The second-order valence-corrected chi connectivity index (χ2v) is 4.41. The lowest BCUT2D eigenvalue weighted by Gasteiger charge is -2.06. The predicted octanol–water partition coefficient (Wildman–Crippen LogP) is 2.20. The van der Waals surface area contributed by atoms with Crippen molar-refractivity contribution in [1.82, 2.24) is 9.78 Å². The molecule has 2 aromatic rings. The van der Waals surface area contributed by atoms with Gasteiger partial charge in [0.25, 0.3) is 5.56 Å². The topological polar surface area (TPSA) is 44.1 Å². The van der Waals surface area contributed by atoms with Crippen molar-refractivity contribution in [2.45, 2.75) is 6.54 Å². The smallest absolute Gasteiger partial charge is 0.284 e. The van der Waals surface area contributed by atoms with Crippen LogP contribution in [0.5, 0.6) is 5.75 Å². The van der Waals surface area contributed by atoms with Crippen molar-refractivity contribution in [2.75, 3.05) is 7.11 Å². The second kappa shape index (κ2) is 5.30. The van der Waals surface area contributed by atoms with Crippen LogP contribution in [0.2, 0.25) is 0 Å². The van der Waals surface area contributed by atoms with Gasteiger partial charge in [0.1, 0.15) is 10.2 Å². The molecule has 0 unspecified atom stereocenters. The first-order chi connectivity index (χ1) is 8.61. The zero-order valence-corrected chi connectivity index (χ0v) is 11.1. The SMILES string of the molecule is COc1ccc(Cn2ncc(F)c(Br)c2=O)cc1. The quantitative estimate of drug-likeness (QED) is 0.872. The Morgan fingerprint density at radius 1 is 1.39 bits per heavy atom. The third kappa shape index (κ3) is 2.59. The number of hydrogen-bond donors (Lipinski definition) is 0. The van der Waals surface area contributed by atoms with Crippen molar-refractivity contribution < 1.29 is 9.13 Å². The molecule has 1 heterocycles. The molecule has 0 saturated carbocycles. The minimum Gasteiger partial charge on any atom is -0.497 e. The summed E-state index contributed by atoms with van der Waals surface area (Å²) in [5.74, 6) is 0.0744. The largest absolute Gasteiger partial charge is 0.497 e. The summed E-state index contributed by atoms with van der Waals surface area (Å²) in [6.07, 6.45) is 1.01. The molecule has 0 aliphatic heterocycles. The van der Waals surface area contributed by atoms with Crippen LogP contribution in [0, 0.1) is 5.82 Å². The van der Waals surface area contributed by atoms with Crippen molar-refractivity contribution in [3.05, 3.63) is 56.7 Å². The fourth-order valence-electron chi connectivity index (χ4n) is 1.46. The number of methoxy groups -OCH3 is 1. The summed E-state index contributed by atoms with van der Waals surface area (Å²) in [4.78, 5) is 11.7. The number of nitrogens with zero attached hydrogens (tertiary/aromatic N) is 2. The van der Waals surface area contributed by atoms with Crippen molar-refractivity contribution in [1.29, 1.82) is 0 Å². The van der Waals surface area contributed by atoms with E-state index in [9.17, 15) is 9.18 Å². The minimum atomic E-state index is -0.661. The summed E-state index contributed by atoms with van der Waals surface area (Å²) < 4.78 is 19.2. The van der Waals surface area contributed by atoms with Gasteiger partial charge in [-0.15, -0.1) is 0 Å². The summed E-state index contributed by atoms with van der Waals surface area (Å²) in [5.41, 5.74) is 0.384. The number of halogens is 2. The van der Waals surface area contributed by atoms with Gasteiger partial charge in [-0.2, -0.15) is 5.10 Å². The van der Waals surface area contributed by atoms with Crippen LogP contribution in [0.4, 0.5) is 4.39 Å². The van der Waals surface area contributed by atoms with Crippen LogP contribution in [0.15, 0.2) is 39.7 Å². The predicted molar refractivity (Wildman–Crippen MR) is 68.3 cm³/mol. The molecular formula is C12H10BrFN2O2. The molecule has 1 aromatic heterocycles. The average molecular weight is 313 g/mol. The van der Waals surface area contributed by atoms with E-state index in [0.29, 0.717) is 0 Å². The molecule has 6 heteroatoms. The molecule has 0 spiro atoms. The van der Waals surface area contributed by atoms with Gasteiger partial charge in [-0.05, 0) is 33.6 Å². The van der Waals surface area contributed by atoms with Crippen LogP contribution in [0.25, 0.3) is 0 Å². The second-order valence-electron chi connectivity index (χ2n) is 3.62. The van der Waals surface area contributed by atoms with Crippen LogP contribution in [0.1, 0.15) is 5.56 Å². The van der Waals surface area contributed by atoms with Gasteiger partial charge in [0.15, 0.2) is 5.82 Å². The maximum absolute atomic E-state index is 13.1. The van der Waals surface area contributed by atoms with Crippen LogP contribution in [0.3, 0.4) is 0 Å². The number of benzene rings is 1. The zero-order chi connectivity index (χ0) is 13.1. The number of aromatic nitrogens is 2. The highest BCUT2D eigenvalue weighted by Crippen LogP contribution is 2.12. The van der Waals surface area contributed by atoms with E-state index in [-0.39, 0.29) is 11.0 Å². The molecule has 0 saturated heterocycles. The maximum Gasteiger partial charge on any atom is 0.284 e. The van der Waals surface area contributed by atoms with E-state index in [0.717, 1.165) is 17.5 Å². The Morgan fingerprint density at radius 2 is 2.06 bits per heavy atom. The van der Waals surface area contributed by atoms with Crippen LogP contribution in [-0.4, -0.2) is 16.9 Å². The van der Waals surface area contributed by atoms with Crippen LogP contribution < -0.4 is 10.3 Å². The van der Waals surface area contributed by atoms with Crippen molar-refractivity contribution in [3.63, 3.8) is 0 Å². The van der Waals surface area contributed by atoms with Crippen molar-refractivity contribution in [2.24, 2.45) is 0 Å². The first-order valence-corrected chi connectivity index (χ1v) is 5.95. The summed E-state index contributed by atoms with van der Waals surface area (Å²) in [7, 11) is 1.58. The molecule has 2 rings (SSSR count). The fraction of sp³-hybridized carbons (Fsp3) is 0.167. The Morgan fingerprint density at radius 3 is 2.67 bits per heavy atom. The highest BCUT2D eigenvalue weighted by Gasteiger charge is 2.08. The highest BCUT2D eigenvalue weighted by atomic mass is 79.9. The molecule has 0 aliphatic rings. The van der Waals surface area contributed by atoms with E-state index in [1.165, 1.54) is 4.68 Å². The first kappa shape index (κ1) is 12.8. The highest BCUT2D eigenvalue weighted by molar-refractivity contribution is 9.10. The van der Waals surface area contributed by atoms with E-state index in [1.807, 2.05) is 12.1 Å². The Hall–Kier alpha value is -1.69. The third-order valence-electron chi connectivity index (χ3n) is 2.43. The van der Waals surface area contributed by atoms with Gasteiger partial charge in [-0.25, -0.2) is 9.07 Å². The normalized spacial score (nSPS) is 10.4. The Balaban J connectivity index is 2.28. The molecule has 0 amide bonds. The van der Waals surface area contributed by atoms with E-state index >= 15 is 0 Å². The summed E-state index contributed by atoms with van der Waals surface area (Å²) in [6, 6.07) is 7.23. The maximum atomic E-state index is 13.1. The number of ether oxygens (including phenoxy) is 1. The van der Waals surface area contributed by atoms with Gasteiger partial charge in [0.2, 0.25) is 0 Å². The van der Waals surface area contributed by atoms with Crippen LogP contribution in [-0.2, 0) is 6.54 Å². The molecule has 4 nitrogen and oxygen atoms in total. The van der Waals surface area contributed by atoms with Gasteiger partial charge in [-0.1, -0.05) is 12.1 Å². The fourth-order valence-corrected chi connectivity index (χ4v) is 1.77. The molecule has 0 fully saturated rings. The lowest BCUT2D eigenvalue weighted by molar-refractivity contribution is 0.414. The summed E-state index contributed by atoms with van der Waals surface area (Å²) in [6.45, 7) is 0.279. The monoisotopic (exact) mass is 312 g/mol. The molecule has 0 N–H and O–H groups in total. The van der Waals surface area contributed by atoms with Crippen molar-refractivity contribution >= 4 is 15.9 Å². The molecule has 94 valence electrons. The Kier molecular flexibility index (Phi) is 3.76. The van der Waals surface area contributed by atoms with Crippen molar-refractivity contribution in [3.8, 4) is 5.75 Å². The lowest BCUT2D eigenvalue weighted by Crippen LogP contribution is -2.24. The van der Waals surface area contributed by atoms with Gasteiger partial charge in [-0.3, -0.25) is 4.79 Å². The van der Waals surface area contributed by atoms with E-state index < -0.39 is 11.4 Å². The van der Waals surface area contributed by atoms with Crippen LogP contribution >= 0.6 is 15.9 Å². The molecular weight excluding hydrogens is 303 g/mol. The van der Waals surface area contributed by atoms with Gasteiger partial charge in [0.05, 0.1) is 19.9 Å². The average Bonchev–Trinajstić information content (AvgIpc) is 2.40.